The summed E-state index contributed by atoms with van der Waals surface area (Å²) in [5, 5.41) is 12.9. The molecule has 2 aromatic rings. The van der Waals surface area contributed by atoms with E-state index < -0.39 is 5.97 Å². The summed E-state index contributed by atoms with van der Waals surface area (Å²) in [6.45, 7) is 4.61. The van der Waals surface area contributed by atoms with Crippen LogP contribution in [0.25, 0.3) is 11.0 Å². The van der Waals surface area contributed by atoms with Gasteiger partial charge in [-0.25, -0.2) is 9.59 Å². The van der Waals surface area contributed by atoms with Gasteiger partial charge < -0.3 is 20.3 Å². The number of imidazole rings is 1. The van der Waals surface area contributed by atoms with Crippen LogP contribution in [0.15, 0.2) is 23.0 Å². The van der Waals surface area contributed by atoms with Crippen molar-refractivity contribution in [3.8, 4) is 0 Å². The van der Waals surface area contributed by atoms with Gasteiger partial charge in [-0.1, -0.05) is 6.07 Å². The maximum absolute atomic E-state index is 12.2. The van der Waals surface area contributed by atoms with E-state index in [1.54, 1.807) is 12.1 Å². The molecule has 0 radical (unpaired) electrons. The second-order valence-electron chi connectivity index (χ2n) is 6.79. The lowest BCUT2D eigenvalue weighted by molar-refractivity contribution is 0.0698. The third kappa shape index (κ3) is 2.63. The molecular formula is C17H22N4O3. The van der Waals surface area contributed by atoms with E-state index in [9.17, 15) is 14.7 Å². The molecule has 7 heteroatoms. The first-order valence-corrected chi connectivity index (χ1v) is 8.54. The zero-order chi connectivity index (χ0) is 16.7. The molecule has 128 valence electrons. The van der Waals surface area contributed by atoms with Crippen molar-refractivity contribution in [1.82, 2.24) is 19.8 Å². The zero-order valence-electron chi connectivity index (χ0n) is 13.5. The third-order valence-corrected chi connectivity index (χ3v) is 5.42. The Morgan fingerprint density at radius 3 is 2.79 bits per heavy atom. The molecule has 0 amide bonds. The number of fused-ring (bicyclic) bond motifs is 4. The lowest BCUT2D eigenvalue weighted by atomic mass is 9.84. The highest BCUT2D eigenvalue weighted by Gasteiger charge is 2.33. The van der Waals surface area contributed by atoms with E-state index in [1.807, 2.05) is 0 Å². The molecule has 0 unspecified atom stereocenters. The number of carboxylic acids is 1. The highest BCUT2D eigenvalue weighted by atomic mass is 16.4. The van der Waals surface area contributed by atoms with E-state index in [1.165, 1.54) is 36.6 Å². The van der Waals surface area contributed by atoms with Crippen molar-refractivity contribution in [3.05, 3.63) is 34.2 Å². The van der Waals surface area contributed by atoms with Gasteiger partial charge in [0.1, 0.15) is 0 Å². The number of carbonyl (C=O) groups is 1. The van der Waals surface area contributed by atoms with Gasteiger partial charge in [0.25, 0.3) is 0 Å². The van der Waals surface area contributed by atoms with E-state index in [2.05, 4.69) is 15.2 Å². The van der Waals surface area contributed by atoms with Gasteiger partial charge in [0.2, 0.25) is 0 Å². The molecule has 7 nitrogen and oxygen atoms in total. The Balaban J connectivity index is 1.51. The fourth-order valence-electron chi connectivity index (χ4n) is 4.16. The van der Waals surface area contributed by atoms with Crippen LogP contribution < -0.4 is 11.0 Å². The number of carboxylic acid groups (broad SMARTS) is 1. The Hall–Kier alpha value is -2.12. The Morgan fingerprint density at radius 1 is 1.33 bits per heavy atom. The maximum atomic E-state index is 12.2. The number of piperidine rings is 3. The van der Waals surface area contributed by atoms with Crippen molar-refractivity contribution < 1.29 is 9.90 Å². The minimum atomic E-state index is -1.02. The summed E-state index contributed by atoms with van der Waals surface area (Å²) >= 11 is 0. The molecule has 3 aliphatic heterocycles. The number of aromatic nitrogens is 2. The average Bonchev–Trinajstić information content (AvgIpc) is 2.91. The summed E-state index contributed by atoms with van der Waals surface area (Å²) < 4.78 is 1.53. The minimum Gasteiger partial charge on any atom is -0.478 e. The van der Waals surface area contributed by atoms with Crippen molar-refractivity contribution in [3.63, 3.8) is 0 Å². The van der Waals surface area contributed by atoms with Gasteiger partial charge in [0.15, 0.2) is 0 Å². The van der Waals surface area contributed by atoms with Gasteiger partial charge in [-0.3, -0.25) is 4.57 Å². The number of benzene rings is 1. The molecule has 3 saturated heterocycles. The summed E-state index contributed by atoms with van der Waals surface area (Å²) in [7, 11) is 0. The number of nitrogens with one attached hydrogen (secondary N) is 2. The second kappa shape index (κ2) is 6.07. The van der Waals surface area contributed by atoms with Crippen LogP contribution in [0.2, 0.25) is 0 Å². The Kier molecular flexibility index (Phi) is 3.90. The number of aromatic amines is 1. The van der Waals surface area contributed by atoms with Crippen LogP contribution in [0.5, 0.6) is 0 Å². The largest absolute Gasteiger partial charge is 0.478 e. The smallest absolute Gasteiger partial charge is 0.337 e. The molecular weight excluding hydrogens is 308 g/mol. The van der Waals surface area contributed by atoms with Crippen molar-refractivity contribution >= 4 is 17.0 Å². The van der Waals surface area contributed by atoms with Crippen LogP contribution in [0.3, 0.4) is 0 Å². The normalized spacial score (nSPS) is 26.1. The average molecular weight is 330 g/mol. The van der Waals surface area contributed by atoms with Crippen LogP contribution in [0.1, 0.15) is 23.2 Å². The molecule has 2 bridgehead atoms. The fourth-order valence-corrected chi connectivity index (χ4v) is 4.16. The molecule has 3 aliphatic rings. The van der Waals surface area contributed by atoms with Crippen molar-refractivity contribution in [2.75, 3.05) is 26.2 Å². The molecule has 1 aromatic carbocycles. The highest BCUT2D eigenvalue weighted by molar-refractivity contribution is 6.01. The van der Waals surface area contributed by atoms with Gasteiger partial charge in [-0.2, -0.15) is 0 Å². The van der Waals surface area contributed by atoms with E-state index in [0.717, 1.165) is 12.5 Å². The van der Waals surface area contributed by atoms with Gasteiger partial charge >= 0.3 is 11.7 Å². The van der Waals surface area contributed by atoms with Gasteiger partial charge in [0.05, 0.1) is 16.6 Å². The van der Waals surface area contributed by atoms with Crippen molar-refractivity contribution in [2.45, 2.75) is 25.4 Å². The number of rotatable bonds is 5. The Labute approximate surface area is 139 Å². The number of para-hydroxylation sites is 1. The zero-order valence-corrected chi connectivity index (χ0v) is 13.5. The first-order valence-electron chi connectivity index (χ1n) is 8.54. The molecule has 3 fully saturated rings. The molecule has 0 saturated carbocycles. The van der Waals surface area contributed by atoms with Crippen molar-refractivity contribution in [1.29, 1.82) is 0 Å². The SMILES string of the molecule is O=C(O)c1cccc2[nH]c(=O)n(CCN[C@@H]3CN4CCC3CC4)c12. The Bertz CT molecular complexity index is 817. The van der Waals surface area contributed by atoms with Gasteiger partial charge in [0, 0.05) is 25.7 Å². The van der Waals surface area contributed by atoms with Crippen LogP contribution >= 0.6 is 0 Å². The first kappa shape index (κ1) is 15.4. The predicted octanol–water partition coefficient (Wildman–Crippen LogP) is 0.712. The number of hydrogen-bond donors (Lipinski definition) is 3. The van der Waals surface area contributed by atoms with Crippen LogP contribution in [-0.4, -0.2) is 57.7 Å². The minimum absolute atomic E-state index is 0.161. The van der Waals surface area contributed by atoms with Crippen molar-refractivity contribution in [2.24, 2.45) is 5.92 Å². The molecule has 24 heavy (non-hydrogen) atoms. The van der Waals surface area contributed by atoms with Crippen LogP contribution in [0, 0.1) is 5.92 Å². The fraction of sp³-hybridized carbons (Fsp3) is 0.529. The summed E-state index contributed by atoms with van der Waals surface area (Å²) in [5.41, 5.74) is 0.955. The van der Waals surface area contributed by atoms with Gasteiger partial charge in [-0.15, -0.1) is 0 Å². The summed E-state index contributed by atoms with van der Waals surface area (Å²) in [5.74, 6) is -0.289. The topological polar surface area (TPSA) is 90.4 Å². The first-order chi connectivity index (χ1) is 11.6. The van der Waals surface area contributed by atoms with E-state index in [0.29, 0.717) is 30.2 Å². The van der Waals surface area contributed by atoms with E-state index in [4.69, 9.17) is 0 Å². The predicted molar refractivity (Wildman–Crippen MR) is 90.5 cm³/mol. The van der Waals surface area contributed by atoms with Crippen LogP contribution in [-0.2, 0) is 6.54 Å². The molecule has 5 rings (SSSR count). The molecule has 1 atom stereocenters. The molecule has 0 aliphatic carbocycles. The molecule has 3 N–H and O–H groups in total. The maximum Gasteiger partial charge on any atom is 0.337 e. The summed E-state index contributed by atoms with van der Waals surface area (Å²) in [4.78, 5) is 28.9. The van der Waals surface area contributed by atoms with E-state index in [-0.39, 0.29) is 11.3 Å². The summed E-state index contributed by atoms with van der Waals surface area (Å²) in [6.07, 6.45) is 2.49. The van der Waals surface area contributed by atoms with Gasteiger partial charge in [-0.05, 0) is 44.0 Å². The molecule has 0 spiro atoms. The van der Waals surface area contributed by atoms with E-state index >= 15 is 0 Å². The van der Waals surface area contributed by atoms with Crippen LogP contribution in [0.4, 0.5) is 0 Å². The number of H-pyrrole nitrogens is 1. The number of aromatic carboxylic acids is 1. The second-order valence-corrected chi connectivity index (χ2v) is 6.79. The standard InChI is InChI=1S/C17H22N4O3/c22-16(23)12-2-1-3-13-15(12)21(17(24)19-13)9-6-18-14-10-20-7-4-11(14)5-8-20/h1-3,11,14,18H,4-10H2,(H,19,24)(H,22,23)/t14-/m1/s1. The lowest BCUT2D eigenvalue weighted by Crippen LogP contribution is -2.56. The number of hydrogen-bond acceptors (Lipinski definition) is 4. The quantitative estimate of drug-likeness (QED) is 0.751. The monoisotopic (exact) mass is 330 g/mol. The lowest BCUT2D eigenvalue weighted by Gasteiger charge is -2.45. The highest BCUT2D eigenvalue weighted by Crippen LogP contribution is 2.27. The molecule has 4 heterocycles. The summed E-state index contributed by atoms with van der Waals surface area (Å²) in [6, 6.07) is 5.40. The number of nitrogens with zero attached hydrogens (tertiary/aromatic N) is 2. The third-order valence-electron chi connectivity index (χ3n) is 5.42. The Morgan fingerprint density at radius 2 is 2.12 bits per heavy atom. The molecule has 1 aromatic heterocycles.